The zero-order chi connectivity index (χ0) is 14.6. The molecule has 0 radical (unpaired) electrons. The van der Waals surface area contributed by atoms with Crippen molar-refractivity contribution >= 4 is 17.6 Å². The lowest BCUT2D eigenvalue weighted by molar-refractivity contribution is 0.644. The minimum absolute atomic E-state index is 0.553. The van der Waals surface area contributed by atoms with Crippen molar-refractivity contribution in [3.05, 3.63) is 29.8 Å². The molecule has 4 nitrogen and oxygen atoms in total. The number of hydrogen-bond donors (Lipinski definition) is 2. The van der Waals surface area contributed by atoms with Gasteiger partial charge < -0.3 is 11.6 Å². The standard InChI is InChI=1S/C16H26N4/c1-2-3-4-5-6-7-16(20-18)13-19-15-10-8-14(12-17)9-11-15/h8-11,13H,2-7,12,17-18H2,1H3. The Labute approximate surface area is 122 Å². The summed E-state index contributed by atoms with van der Waals surface area (Å²) in [6.07, 6.45) is 8.85. The minimum Gasteiger partial charge on any atom is -0.326 e. The summed E-state index contributed by atoms with van der Waals surface area (Å²) < 4.78 is 0. The Morgan fingerprint density at radius 2 is 1.80 bits per heavy atom. The molecule has 0 amide bonds. The Hall–Kier alpha value is -1.68. The molecule has 0 aliphatic heterocycles. The van der Waals surface area contributed by atoms with Crippen LogP contribution in [0.4, 0.5) is 5.69 Å². The number of benzene rings is 1. The lowest BCUT2D eigenvalue weighted by atomic mass is 10.1. The molecule has 0 atom stereocenters. The molecule has 0 spiro atoms. The molecule has 20 heavy (non-hydrogen) atoms. The fourth-order valence-electron chi connectivity index (χ4n) is 1.94. The van der Waals surface area contributed by atoms with Crippen molar-refractivity contribution in [2.75, 3.05) is 0 Å². The molecule has 4 N–H and O–H groups in total. The summed E-state index contributed by atoms with van der Waals surface area (Å²) in [4.78, 5) is 4.39. The quantitative estimate of drug-likeness (QED) is 0.313. The van der Waals surface area contributed by atoms with Crippen molar-refractivity contribution in [3.8, 4) is 0 Å². The lowest BCUT2D eigenvalue weighted by Gasteiger charge is -2.01. The number of hydrogen-bond acceptors (Lipinski definition) is 4. The van der Waals surface area contributed by atoms with Crippen LogP contribution in [0, 0.1) is 0 Å². The van der Waals surface area contributed by atoms with Crippen molar-refractivity contribution in [2.24, 2.45) is 21.7 Å². The highest BCUT2D eigenvalue weighted by Gasteiger charge is 1.97. The highest BCUT2D eigenvalue weighted by atomic mass is 15.1. The minimum atomic E-state index is 0.553. The van der Waals surface area contributed by atoms with Gasteiger partial charge in [-0.2, -0.15) is 5.10 Å². The monoisotopic (exact) mass is 274 g/mol. The summed E-state index contributed by atoms with van der Waals surface area (Å²) >= 11 is 0. The zero-order valence-corrected chi connectivity index (χ0v) is 12.4. The third-order valence-corrected chi connectivity index (χ3v) is 3.24. The van der Waals surface area contributed by atoms with Crippen LogP contribution in [0.1, 0.15) is 51.0 Å². The molecule has 0 aromatic heterocycles. The van der Waals surface area contributed by atoms with Gasteiger partial charge >= 0.3 is 0 Å². The zero-order valence-electron chi connectivity index (χ0n) is 12.4. The largest absolute Gasteiger partial charge is 0.326 e. The van der Waals surface area contributed by atoms with Gasteiger partial charge in [-0.05, 0) is 30.5 Å². The fourth-order valence-corrected chi connectivity index (χ4v) is 1.94. The molecule has 0 heterocycles. The Kier molecular flexibility index (Phi) is 8.31. The van der Waals surface area contributed by atoms with Crippen molar-refractivity contribution in [3.63, 3.8) is 0 Å². The third-order valence-electron chi connectivity index (χ3n) is 3.24. The van der Waals surface area contributed by atoms with Crippen LogP contribution in [0.25, 0.3) is 0 Å². The first-order valence-corrected chi connectivity index (χ1v) is 7.40. The van der Waals surface area contributed by atoms with Crippen LogP contribution in [-0.4, -0.2) is 11.9 Å². The maximum absolute atomic E-state index is 5.56. The molecule has 0 saturated heterocycles. The molecule has 0 aliphatic carbocycles. The summed E-state index contributed by atoms with van der Waals surface area (Å²) in [7, 11) is 0. The van der Waals surface area contributed by atoms with Crippen LogP contribution in [0.2, 0.25) is 0 Å². The van der Waals surface area contributed by atoms with E-state index in [0.29, 0.717) is 6.54 Å². The smallest absolute Gasteiger partial charge is 0.0783 e. The van der Waals surface area contributed by atoms with E-state index in [-0.39, 0.29) is 0 Å². The van der Waals surface area contributed by atoms with Gasteiger partial charge in [0.25, 0.3) is 0 Å². The predicted molar refractivity (Wildman–Crippen MR) is 87.5 cm³/mol. The molecule has 0 aliphatic rings. The van der Waals surface area contributed by atoms with Crippen molar-refractivity contribution in [2.45, 2.75) is 52.0 Å². The Morgan fingerprint density at radius 3 is 2.40 bits per heavy atom. The van der Waals surface area contributed by atoms with Crippen LogP contribution in [0.3, 0.4) is 0 Å². The first-order chi connectivity index (χ1) is 9.80. The first kappa shape index (κ1) is 16.4. The predicted octanol–water partition coefficient (Wildman–Crippen LogP) is 3.52. The second-order valence-corrected chi connectivity index (χ2v) is 4.91. The Bertz CT molecular complexity index is 421. The van der Waals surface area contributed by atoms with Crippen LogP contribution >= 0.6 is 0 Å². The van der Waals surface area contributed by atoms with Gasteiger partial charge in [0, 0.05) is 6.54 Å². The van der Waals surface area contributed by atoms with E-state index in [9.17, 15) is 0 Å². The van der Waals surface area contributed by atoms with E-state index in [2.05, 4.69) is 17.0 Å². The highest BCUT2D eigenvalue weighted by Crippen LogP contribution is 2.12. The van der Waals surface area contributed by atoms with Crippen LogP contribution in [0.5, 0.6) is 0 Å². The number of hydrazone groups is 1. The van der Waals surface area contributed by atoms with E-state index in [1.807, 2.05) is 24.3 Å². The van der Waals surface area contributed by atoms with E-state index in [0.717, 1.165) is 29.8 Å². The number of unbranched alkanes of at least 4 members (excludes halogenated alkanes) is 4. The number of nitrogens with zero attached hydrogens (tertiary/aromatic N) is 2. The van der Waals surface area contributed by atoms with E-state index in [4.69, 9.17) is 11.6 Å². The highest BCUT2D eigenvalue weighted by molar-refractivity contribution is 6.30. The van der Waals surface area contributed by atoms with Gasteiger partial charge in [0.1, 0.15) is 0 Å². The average molecular weight is 274 g/mol. The molecule has 0 saturated carbocycles. The first-order valence-electron chi connectivity index (χ1n) is 7.40. The Balaban J connectivity index is 2.40. The second kappa shape index (κ2) is 10.1. The van der Waals surface area contributed by atoms with Gasteiger partial charge in [-0.25, -0.2) is 0 Å². The van der Waals surface area contributed by atoms with Gasteiger partial charge in [-0.3, -0.25) is 4.99 Å². The van der Waals surface area contributed by atoms with Crippen LogP contribution in [-0.2, 0) is 6.54 Å². The number of nitrogens with two attached hydrogens (primary N) is 2. The van der Waals surface area contributed by atoms with Gasteiger partial charge in [-0.15, -0.1) is 0 Å². The molecule has 4 heteroatoms. The molecule has 0 fully saturated rings. The van der Waals surface area contributed by atoms with Gasteiger partial charge in [0.15, 0.2) is 0 Å². The summed E-state index contributed by atoms with van der Waals surface area (Å²) in [5, 5.41) is 3.80. The fraction of sp³-hybridized carbons (Fsp3) is 0.500. The van der Waals surface area contributed by atoms with Gasteiger partial charge in [-0.1, -0.05) is 44.7 Å². The van der Waals surface area contributed by atoms with E-state index in [1.165, 1.54) is 25.7 Å². The van der Waals surface area contributed by atoms with Crippen molar-refractivity contribution in [1.82, 2.24) is 0 Å². The third kappa shape index (κ3) is 6.48. The van der Waals surface area contributed by atoms with Gasteiger partial charge in [0.05, 0.1) is 17.6 Å². The van der Waals surface area contributed by atoms with Gasteiger partial charge in [0.2, 0.25) is 0 Å². The van der Waals surface area contributed by atoms with Crippen LogP contribution in [0.15, 0.2) is 34.4 Å². The van der Waals surface area contributed by atoms with Crippen molar-refractivity contribution in [1.29, 1.82) is 0 Å². The maximum Gasteiger partial charge on any atom is 0.0783 e. The normalized spacial score (nSPS) is 12.2. The summed E-state index contributed by atoms with van der Waals surface area (Å²) in [6.45, 7) is 2.77. The van der Waals surface area contributed by atoms with E-state index in [1.54, 1.807) is 6.21 Å². The number of rotatable bonds is 9. The Morgan fingerprint density at radius 1 is 1.10 bits per heavy atom. The van der Waals surface area contributed by atoms with E-state index < -0.39 is 0 Å². The molecular weight excluding hydrogens is 248 g/mol. The van der Waals surface area contributed by atoms with Crippen molar-refractivity contribution < 1.29 is 0 Å². The summed E-state index contributed by atoms with van der Waals surface area (Å²) in [5.74, 6) is 5.40. The topological polar surface area (TPSA) is 76.8 Å². The summed E-state index contributed by atoms with van der Waals surface area (Å²) in [6, 6.07) is 7.87. The summed E-state index contributed by atoms with van der Waals surface area (Å²) in [5.41, 5.74) is 8.41. The molecule has 1 rings (SSSR count). The average Bonchev–Trinajstić information content (AvgIpc) is 2.50. The maximum atomic E-state index is 5.56. The van der Waals surface area contributed by atoms with Crippen LogP contribution < -0.4 is 11.6 Å². The van der Waals surface area contributed by atoms with E-state index >= 15 is 0 Å². The molecule has 1 aromatic carbocycles. The second-order valence-electron chi connectivity index (χ2n) is 4.91. The lowest BCUT2D eigenvalue weighted by Crippen LogP contribution is -2.03. The number of aliphatic imine (C=N–C) groups is 1. The molecule has 0 bridgehead atoms. The SMILES string of the molecule is CCCCCCCC(C=Nc1ccc(CN)cc1)=NN. The molecular formula is C16H26N4. The molecule has 1 aromatic rings. The molecule has 110 valence electrons. The molecule has 0 unspecified atom stereocenters.